The van der Waals surface area contributed by atoms with Gasteiger partial charge in [0, 0.05) is 6.08 Å². The number of allylic oxidation sites excluding steroid dienone is 1. The summed E-state index contributed by atoms with van der Waals surface area (Å²) in [5.74, 6) is -2.75. The van der Waals surface area contributed by atoms with Crippen LogP contribution in [0.5, 0.6) is 0 Å². The number of hydrogen-bond donors (Lipinski definition) is 1. The van der Waals surface area contributed by atoms with E-state index in [0.29, 0.717) is 6.08 Å². The van der Waals surface area contributed by atoms with Crippen molar-refractivity contribution in [2.24, 2.45) is 0 Å². The topological polar surface area (TPSA) is 101 Å². The third-order valence-electron chi connectivity index (χ3n) is 1.38. The van der Waals surface area contributed by atoms with Crippen LogP contribution in [0.4, 0.5) is 0 Å². The molecule has 0 amide bonds. The fourth-order valence-corrected chi connectivity index (χ4v) is 0.660. The monoisotopic (exact) mass is 182 g/mol. The van der Waals surface area contributed by atoms with E-state index in [1.54, 1.807) is 0 Å². The molecule has 70 valence electrons. The summed E-state index contributed by atoms with van der Waals surface area (Å²) in [6, 6.07) is 1.39. The third kappa shape index (κ3) is 3.05. The number of nitrogens with zero attached hydrogens (tertiary/aromatic N) is 1. The average Bonchev–Trinajstić information content (AvgIpc) is 2.11. The van der Waals surface area contributed by atoms with Gasteiger partial charge in [-0.25, -0.2) is 0 Å². The van der Waals surface area contributed by atoms with Crippen LogP contribution in [-0.4, -0.2) is 23.0 Å². The average molecular weight is 182 g/mol. The first kappa shape index (κ1) is 11.3. The number of carbonyl (C=O) groups excluding carboxylic acids is 2. The van der Waals surface area contributed by atoms with E-state index < -0.39 is 23.4 Å². The Morgan fingerprint density at radius 1 is 1.69 bits per heavy atom. The molecular weight excluding hydrogens is 174 g/mol. The number of carboxylic acid groups (broad SMARTS) is 1. The lowest BCUT2D eigenvalue weighted by atomic mass is 10.1. The number of Topliss-reactive ketones (excluding diaryl/α,β-unsaturated/α-hetero) is 1. The second-order valence-corrected chi connectivity index (χ2v) is 2.26. The number of ketones is 1. The predicted octanol–water partition coefficient (Wildman–Crippen LogP) is -1.47. The zero-order valence-electron chi connectivity index (χ0n) is 6.98. The number of rotatable bonds is 4. The molecule has 5 nitrogen and oxygen atoms in total. The fraction of sp³-hybridized carbons (Fsp3) is 0.375. The standard InChI is InChI=1S/C8H9NO4/c1-2-6(10)7(11)5(3-4-9)8(12)13/h3,6,10H,2H2,1H3,(H,12,13)/p-1/b5-3-. The number of aliphatic hydroxyl groups is 1. The summed E-state index contributed by atoms with van der Waals surface area (Å²) in [6.07, 6.45) is -0.747. The molecule has 1 atom stereocenters. The van der Waals surface area contributed by atoms with Gasteiger partial charge in [0.25, 0.3) is 0 Å². The molecule has 0 bridgehead atoms. The number of hydrogen-bond acceptors (Lipinski definition) is 5. The van der Waals surface area contributed by atoms with E-state index in [9.17, 15) is 14.7 Å². The van der Waals surface area contributed by atoms with Crippen LogP contribution in [0.1, 0.15) is 13.3 Å². The van der Waals surface area contributed by atoms with Crippen LogP contribution in [-0.2, 0) is 9.59 Å². The summed E-state index contributed by atoms with van der Waals surface area (Å²) in [6.45, 7) is 1.52. The molecule has 1 N–H and O–H groups in total. The van der Waals surface area contributed by atoms with Crippen molar-refractivity contribution in [3.63, 3.8) is 0 Å². The SMILES string of the molecule is CCC(O)C(=O)/C(=C/C#N)C(=O)[O-]. The summed E-state index contributed by atoms with van der Waals surface area (Å²) in [5, 5.41) is 27.4. The van der Waals surface area contributed by atoms with Gasteiger partial charge in [0.1, 0.15) is 6.10 Å². The van der Waals surface area contributed by atoms with Crippen molar-refractivity contribution in [2.45, 2.75) is 19.4 Å². The molecular formula is C8H8NO4-. The highest BCUT2D eigenvalue weighted by Gasteiger charge is 2.18. The third-order valence-corrected chi connectivity index (χ3v) is 1.38. The molecule has 0 fully saturated rings. The van der Waals surface area contributed by atoms with Crippen molar-refractivity contribution < 1.29 is 19.8 Å². The Bertz CT molecular complexity index is 287. The lowest BCUT2D eigenvalue weighted by molar-refractivity contribution is -0.298. The molecule has 0 aromatic rings. The number of carbonyl (C=O) groups is 2. The first-order valence-electron chi connectivity index (χ1n) is 3.58. The van der Waals surface area contributed by atoms with Crippen molar-refractivity contribution in [3.8, 4) is 6.07 Å². The van der Waals surface area contributed by atoms with Gasteiger partial charge < -0.3 is 15.0 Å². The van der Waals surface area contributed by atoms with Gasteiger partial charge in [0.15, 0.2) is 5.78 Å². The number of aliphatic hydroxyl groups excluding tert-OH is 1. The Morgan fingerprint density at radius 3 is 2.54 bits per heavy atom. The molecule has 13 heavy (non-hydrogen) atoms. The van der Waals surface area contributed by atoms with Gasteiger partial charge in [-0.3, -0.25) is 4.79 Å². The quantitative estimate of drug-likeness (QED) is 0.247. The molecule has 0 aromatic heterocycles. The van der Waals surface area contributed by atoms with Crippen LogP contribution in [0.25, 0.3) is 0 Å². The number of aliphatic carboxylic acids is 1. The van der Waals surface area contributed by atoms with Gasteiger partial charge in [-0.05, 0) is 6.42 Å². The fourth-order valence-electron chi connectivity index (χ4n) is 0.660. The molecule has 1 unspecified atom stereocenters. The summed E-state index contributed by atoms with van der Waals surface area (Å²) in [5.41, 5.74) is -0.795. The van der Waals surface area contributed by atoms with Gasteiger partial charge in [-0.1, -0.05) is 6.92 Å². The van der Waals surface area contributed by atoms with Gasteiger partial charge in [-0.15, -0.1) is 0 Å². The van der Waals surface area contributed by atoms with E-state index in [4.69, 9.17) is 10.4 Å². The van der Waals surface area contributed by atoms with Gasteiger partial charge >= 0.3 is 0 Å². The van der Waals surface area contributed by atoms with Gasteiger partial charge in [0.05, 0.1) is 17.6 Å². The molecule has 0 spiro atoms. The Morgan fingerprint density at radius 2 is 2.23 bits per heavy atom. The first-order valence-corrected chi connectivity index (χ1v) is 3.58. The summed E-state index contributed by atoms with van der Waals surface area (Å²) < 4.78 is 0. The van der Waals surface area contributed by atoms with Crippen molar-refractivity contribution >= 4 is 11.8 Å². The van der Waals surface area contributed by atoms with Crippen LogP contribution in [0.15, 0.2) is 11.6 Å². The molecule has 0 aliphatic heterocycles. The Labute approximate surface area is 74.9 Å². The highest BCUT2D eigenvalue weighted by Crippen LogP contribution is 2.02. The summed E-state index contributed by atoms with van der Waals surface area (Å²) in [7, 11) is 0. The lowest BCUT2D eigenvalue weighted by Gasteiger charge is -2.09. The highest BCUT2D eigenvalue weighted by atomic mass is 16.4. The molecule has 5 heteroatoms. The smallest absolute Gasteiger partial charge is 0.193 e. The molecule has 0 aromatic carbocycles. The molecule has 0 saturated carbocycles. The minimum atomic E-state index is -1.75. The largest absolute Gasteiger partial charge is 0.545 e. The van der Waals surface area contributed by atoms with E-state index in [0.717, 1.165) is 0 Å². The van der Waals surface area contributed by atoms with Crippen LogP contribution in [0.3, 0.4) is 0 Å². The van der Waals surface area contributed by atoms with Gasteiger partial charge in [0.2, 0.25) is 0 Å². The summed E-state index contributed by atoms with van der Waals surface area (Å²) in [4.78, 5) is 21.3. The Kier molecular flexibility index (Phi) is 4.41. The molecule has 0 heterocycles. The molecule has 0 rings (SSSR count). The molecule has 0 aliphatic rings. The second kappa shape index (κ2) is 5.06. The van der Waals surface area contributed by atoms with E-state index in [1.807, 2.05) is 0 Å². The van der Waals surface area contributed by atoms with Crippen LogP contribution in [0, 0.1) is 11.3 Å². The molecule has 0 radical (unpaired) electrons. The number of nitriles is 1. The lowest BCUT2D eigenvalue weighted by Crippen LogP contribution is -2.33. The number of carboxylic acids is 1. The van der Waals surface area contributed by atoms with Crippen LogP contribution in [0.2, 0.25) is 0 Å². The predicted molar refractivity (Wildman–Crippen MR) is 40.0 cm³/mol. The van der Waals surface area contributed by atoms with E-state index in [-0.39, 0.29) is 6.42 Å². The van der Waals surface area contributed by atoms with Crippen LogP contribution >= 0.6 is 0 Å². The normalized spacial score (nSPS) is 13.2. The second-order valence-electron chi connectivity index (χ2n) is 2.26. The van der Waals surface area contributed by atoms with Crippen molar-refractivity contribution in [1.82, 2.24) is 0 Å². The van der Waals surface area contributed by atoms with E-state index in [2.05, 4.69) is 0 Å². The Balaban J connectivity index is 4.80. The zero-order chi connectivity index (χ0) is 10.4. The maximum Gasteiger partial charge on any atom is 0.193 e. The van der Waals surface area contributed by atoms with E-state index >= 15 is 0 Å². The maximum absolute atomic E-state index is 11.0. The van der Waals surface area contributed by atoms with E-state index in [1.165, 1.54) is 13.0 Å². The minimum absolute atomic E-state index is 0.0921. The van der Waals surface area contributed by atoms with Crippen molar-refractivity contribution in [3.05, 3.63) is 11.6 Å². The first-order chi connectivity index (χ1) is 6.04. The molecule has 0 saturated heterocycles. The highest BCUT2D eigenvalue weighted by molar-refractivity contribution is 6.17. The molecule has 0 aliphatic carbocycles. The minimum Gasteiger partial charge on any atom is -0.545 e. The maximum atomic E-state index is 11.0. The van der Waals surface area contributed by atoms with Crippen LogP contribution < -0.4 is 5.11 Å². The van der Waals surface area contributed by atoms with Crippen molar-refractivity contribution in [1.29, 1.82) is 5.26 Å². The Hall–Kier alpha value is -1.67. The van der Waals surface area contributed by atoms with Gasteiger partial charge in [-0.2, -0.15) is 5.26 Å². The van der Waals surface area contributed by atoms with Crippen molar-refractivity contribution in [2.75, 3.05) is 0 Å². The summed E-state index contributed by atoms with van der Waals surface area (Å²) >= 11 is 0. The zero-order valence-corrected chi connectivity index (χ0v) is 6.98.